The van der Waals surface area contributed by atoms with Crippen LogP contribution in [0.2, 0.25) is 5.15 Å². The number of hydrogen-bond acceptors (Lipinski definition) is 3. The molecule has 2 rings (SSSR count). The lowest BCUT2D eigenvalue weighted by Gasteiger charge is -2.05. The highest BCUT2D eigenvalue weighted by Crippen LogP contribution is 2.14. The molecule has 18 heavy (non-hydrogen) atoms. The predicted molar refractivity (Wildman–Crippen MR) is 66.1 cm³/mol. The van der Waals surface area contributed by atoms with Gasteiger partial charge in [0.2, 0.25) is 0 Å². The van der Waals surface area contributed by atoms with E-state index in [4.69, 9.17) is 11.6 Å². The molecular formula is C12H9ClFN3O. The smallest absolute Gasteiger partial charge is 0.276 e. The molecule has 1 heterocycles. The Bertz CT molecular complexity index is 586. The van der Waals surface area contributed by atoms with Gasteiger partial charge in [-0.2, -0.15) is 0 Å². The maximum atomic E-state index is 13.1. The molecule has 4 nitrogen and oxygen atoms in total. The molecular weight excluding hydrogens is 257 g/mol. The number of aromatic nitrogens is 2. The van der Waals surface area contributed by atoms with Crippen molar-refractivity contribution in [1.29, 1.82) is 0 Å². The zero-order valence-corrected chi connectivity index (χ0v) is 10.2. The fourth-order valence-corrected chi connectivity index (χ4v) is 1.46. The van der Waals surface area contributed by atoms with E-state index in [1.807, 2.05) is 0 Å². The summed E-state index contributed by atoms with van der Waals surface area (Å²) in [6, 6.07) is 7.24. The molecule has 0 spiro atoms. The summed E-state index contributed by atoms with van der Waals surface area (Å²) in [5.74, 6) is -0.746. The molecule has 0 aliphatic rings. The second-order valence-electron chi connectivity index (χ2n) is 3.66. The van der Waals surface area contributed by atoms with Gasteiger partial charge in [-0.05, 0) is 42.8 Å². The number of nitrogens with zero attached hydrogens (tertiary/aromatic N) is 2. The molecule has 2 aromatic rings. The lowest BCUT2D eigenvalue weighted by atomic mass is 10.2. The lowest BCUT2D eigenvalue weighted by Crippen LogP contribution is -2.14. The maximum Gasteiger partial charge on any atom is 0.276 e. The van der Waals surface area contributed by atoms with Gasteiger partial charge >= 0.3 is 0 Å². The van der Waals surface area contributed by atoms with Crippen LogP contribution >= 0.6 is 11.6 Å². The van der Waals surface area contributed by atoms with Crippen molar-refractivity contribution in [3.63, 3.8) is 0 Å². The fourth-order valence-electron chi connectivity index (χ4n) is 1.35. The van der Waals surface area contributed by atoms with Gasteiger partial charge in [0.25, 0.3) is 5.91 Å². The van der Waals surface area contributed by atoms with Crippen LogP contribution in [-0.4, -0.2) is 16.1 Å². The van der Waals surface area contributed by atoms with Crippen molar-refractivity contribution in [2.45, 2.75) is 6.92 Å². The van der Waals surface area contributed by atoms with E-state index in [0.717, 1.165) is 0 Å². The number of hydrogen-bond donors (Lipinski definition) is 1. The first-order valence-electron chi connectivity index (χ1n) is 5.13. The number of carbonyl (C=O) groups excluding carboxylic acids is 1. The minimum Gasteiger partial charge on any atom is -0.321 e. The van der Waals surface area contributed by atoms with Crippen LogP contribution in [0.25, 0.3) is 0 Å². The van der Waals surface area contributed by atoms with Gasteiger partial charge in [-0.3, -0.25) is 4.79 Å². The van der Waals surface area contributed by atoms with Crippen LogP contribution in [0.4, 0.5) is 10.1 Å². The standard InChI is InChI=1S/C12H9ClFN3O/c1-7-6-8(2-3-9(7)14)15-12(18)10-4-5-11(13)17-16-10/h2-6H,1H3,(H,15,18). The number of nitrogens with one attached hydrogen (secondary N) is 1. The fraction of sp³-hybridized carbons (Fsp3) is 0.0833. The van der Waals surface area contributed by atoms with Crippen molar-refractivity contribution in [3.8, 4) is 0 Å². The largest absolute Gasteiger partial charge is 0.321 e. The molecule has 0 saturated carbocycles. The molecule has 0 saturated heterocycles. The van der Waals surface area contributed by atoms with Crippen molar-refractivity contribution < 1.29 is 9.18 Å². The first-order valence-corrected chi connectivity index (χ1v) is 5.51. The Balaban J connectivity index is 2.16. The molecule has 1 amide bonds. The molecule has 6 heteroatoms. The Labute approximate surface area is 108 Å². The highest BCUT2D eigenvalue weighted by molar-refractivity contribution is 6.29. The number of benzene rings is 1. The Morgan fingerprint density at radius 1 is 1.28 bits per heavy atom. The summed E-state index contributed by atoms with van der Waals surface area (Å²) in [5, 5.41) is 10.0. The topological polar surface area (TPSA) is 54.9 Å². The summed E-state index contributed by atoms with van der Waals surface area (Å²) in [7, 11) is 0. The quantitative estimate of drug-likeness (QED) is 0.908. The average Bonchev–Trinajstić information content (AvgIpc) is 2.34. The first-order chi connectivity index (χ1) is 8.56. The normalized spacial score (nSPS) is 10.2. The van der Waals surface area contributed by atoms with Gasteiger partial charge in [0.15, 0.2) is 10.8 Å². The van der Waals surface area contributed by atoms with E-state index in [9.17, 15) is 9.18 Å². The number of rotatable bonds is 2. The summed E-state index contributed by atoms with van der Waals surface area (Å²) in [5.41, 5.74) is 1.09. The lowest BCUT2D eigenvalue weighted by molar-refractivity contribution is 0.102. The second kappa shape index (κ2) is 5.10. The van der Waals surface area contributed by atoms with Crippen LogP contribution in [0.15, 0.2) is 30.3 Å². The molecule has 1 aromatic heterocycles. The number of aryl methyl sites for hydroxylation is 1. The molecule has 1 N–H and O–H groups in total. The van der Waals surface area contributed by atoms with Gasteiger partial charge in [0, 0.05) is 5.69 Å². The van der Waals surface area contributed by atoms with E-state index >= 15 is 0 Å². The zero-order chi connectivity index (χ0) is 13.1. The van der Waals surface area contributed by atoms with Crippen molar-refractivity contribution in [2.24, 2.45) is 0 Å². The molecule has 0 radical (unpaired) electrons. The van der Waals surface area contributed by atoms with E-state index in [1.54, 1.807) is 6.92 Å². The Morgan fingerprint density at radius 3 is 2.67 bits per heavy atom. The van der Waals surface area contributed by atoms with Crippen LogP contribution in [0, 0.1) is 12.7 Å². The monoisotopic (exact) mass is 265 g/mol. The molecule has 1 aromatic carbocycles. The van der Waals surface area contributed by atoms with Crippen LogP contribution in [0.1, 0.15) is 16.1 Å². The predicted octanol–water partition coefficient (Wildman–Crippen LogP) is 2.83. The van der Waals surface area contributed by atoms with Crippen LogP contribution in [0.5, 0.6) is 0 Å². The molecule has 0 bridgehead atoms. The SMILES string of the molecule is Cc1cc(NC(=O)c2ccc(Cl)nn2)ccc1F. The van der Waals surface area contributed by atoms with E-state index in [0.29, 0.717) is 11.3 Å². The molecule has 92 valence electrons. The number of halogens is 2. The van der Waals surface area contributed by atoms with E-state index < -0.39 is 5.91 Å². The summed E-state index contributed by atoms with van der Waals surface area (Å²) >= 11 is 5.57. The van der Waals surface area contributed by atoms with Crippen molar-refractivity contribution in [3.05, 3.63) is 52.6 Å². The van der Waals surface area contributed by atoms with Crippen LogP contribution in [0.3, 0.4) is 0 Å². The molecule has 0 aliphatic heterocycles. The first kappa shape index (κ1) is 12.4. The summed E-state index contributed by atoms with van der Waals surface area (Å²) < 4.78 is 13.1. The Kier molecular flexibility index (Phi) is 3.53. The molecule has 0 unspecified atom stereocenters. The van der Waals surface area contributed by atoms with Crippen molar-refractivity contribution in [1.82, 2.24) is 10.2 Å². The minimum atomic E-state index is -0.426. The third-order valence-corrected chi connectivity index (χ3v) is 2.48. The van der Waals surface area contributed by atoms with Crippen LogP contribution in [-0.2, 0) is 0 Å². The van der Waals surface area contributed by atoms with Gasteiger partial charge in [-0.1, -0.05) is 11.6 Å². The van der Waals surface area contributed by atoms with Gasteiger partial charge in [0.1, 0.15) is 5.82 Å². The molecule has 0 aliphatic carbocycles. The van der Waals surface area contributed by atoms with Gasteiger partial charge in [-0.25, -0.2) is 4.39 Å². The van der Waals surface area contributed by atoms with E-state index in [-0.39, 0.29) is 16.7 Å². The van der Waals surface area contributed by atoms with E-state index in [2.05, 4.69) is 15.5 Å². The molecule has 0 atom stereocenters. The maximum absolute atomic E-state index is 13.1. The van der Waals surface area contributed by atoms with E-state index in [1.165, 1.54) is 30.3 Å². The third kappa shape index (κ3) is 2.81. The minimum absolute atomic E-state index is 0.140. The number of anilines is 1. The highest BCUT2D eigenvalue weighted by Gasteiger charge is 2.09. The third-order valence-electron chi connectivity index (χ3n) is 2.28. The summed E-state index contributed by atoms with van der Waals surface area (Å²) in [6.07, 6.45) is 0. The summed E-state index contributed by atoms with van der Waals surface area (Å²) in [6.45, 7) is 1.62. The van der Waals surface area contributed by atoms with Crippen molar-refractivity contribution >= 4 is 23.2 Å². The highest BCUT2D eigenvalue weighted by atomic mass is 35.5. The summed E-state index contributed by atoms with van der Waals surface area (Å²) in [4.78, 5) is 11.8. The van der Waals surface area contributed by atoms with Gasteiger partial charge in [0.05, 0.1) is 0 Å². The van der Waals surface area contributed by atoms with Gasteiger partial charge in [-0.15, -0.1) is 10.2 Å². The average molecular weight is 266 g/mol. The number of amides is 1. The number of carbonyl (C=O) groups is 1. The van der Waals surface area contributed by atoms with Crippen molar-refractivity contribution in [2.75, 3.05) is 5.32 Å². The van der Waals surface area contributed by atoms with Crippen LogP contribution < -0.4 is 5.32 Å². The Morgan fingerprint density at radius 2 is 2.06 bits per heavy atom. The van der Waals surface area contributed by atoms with Gasteiger partial charge < -0.3 is 5.32 Å². The molecule has 0 fully saturated rings. The second-order valence-corrected chi connectivity index (χ2v) is 4.05. The zero-order valence-electron chi connectivity index (χ0n) is 9.45. The Hall–Kier alpha value is -2.01.